The summed E-state index contributed by atoms with van der Waals surface area (Å²) in [6.07, 6.45) is 1.34. The molecule has 236 valence electrons. The monoisotopic (exact) mass is 602 g/mol. The fourth-order valence-electron chi connectivity index (χ4n) is 4.94. The van der Waals surface area contributed by atoms with Gasteiger partial charge < -0.3 is 31.3 Å². The number of nitrogens with zero attached hydrogens (tertiary/aromatic N) is 4. The molecule has 5 rings (SSSR count). The van der Waals surface area contributed by atoms with Crippen molar-refractivity contribution >= 4 is 40.6 Å². The largest absolute Gasteiger partial charge is 0.449 e. The first-order valence-electron chi connectivity index (χ1n) is 15.2. The van der Waals surface area contributed by atoms with Gasteiger partial charge in [0.2, 0.25) is 5.91 Å². The van der Waals surface area contributed by atoms with Crippen LogP contribution in [0.5, 0.6) is 0 Å². The Labute approximate surface area is 260 Å². The van der Waals surface area contributed by atoms with Crippen LogP contribution in [0.4, 0.5) is 22.0 Å². The number of ether oxygens (including phenoxy) is 1. The number of benzene rings is 2. The number of carbonyl (C=O) groups excluding carboxylic acids is 2. The first-order valence-corrected chi connectivity index (χ1v) is 15.2. The van der Waals surface area contributed by atoms with E-state index in [1.165, 1.54) is 5.69 Å². The molecule has 3 aromatic rings. The third-order valence-electron chi connectivity index (χ3n) is 7.67. The highest BCUT2D eigenvalue weighted by molar-refractivity contribution is 5.89. The number of hydrogen-bond donors (Lipinski definition) is 4. The van der Waals surface area contributed by atoms with E-state index in [0.29, 0.717) is 30.6 Å². The van der Waals surface area contributed by atoms with Gasteiger partial charge in [-0.15, -0.1) is 0 Å². The fourth-order valence-corrected chi connectivity index (χ4v) is 4.94. The van der Waals surface area contributed by atoms with E-state index in [9.17, 15) is 9.59 Å². The van der Waals surface area contributed by atoms with Gasteiger partial charge in [-0.3, -0.25) is 10.1 Å². The van der Waals surface area contributed by atoms with E-state index >= 15 is 0 Å². The third kappa shape index (κ3) is 8.10. The van der Waals surface area contributed by atoms with Crippen LogP contribution in [0.2, 0.25) is 0 Å². The molecule has 3 heterocycles. The number of fused-ring (bicyclic) bond motifs is 1. The van der Waals surface area contributed by atoms with Gasteiger partial charge in [-0.25, -0.2) is 9.48 Å². The zero-order valence-electron chi connectivity index (χ0n) is 26.4. The van der Waals surface area contributed by atoms with Crippen molar-refractivity contribution in [3.8, 4) is 0 Å². The van der Waals surface area contributed by atoms with Crippen molar-refractivity contribution in [2.45, 2.75) is 40.7 Å². The summed E-state index contributed by atoms with van der Waals surface area (Å²) in [6.45, 7) is 14.2. The quantitative estimate of drug-likeness (QED) is 0.311. The average molecular weight is 603 g/mol. The highest BCUT2D eigenvalue weighted by atomic mass is 16.5. The smallest absolute Gasteiger partial charge is 0.411 e. The summed E-state index contributed by atoms with van der Waals surface area (Å²) in [5.74, 6) is 2.12. The van der Waals surface area contributed by atoms with Crippen LogP contribution in [0, 0.1) is 18.8 Å². The Morgan fingerprint density at radius 1 is 1.00 bits per heavy atom. The second-order valence-electron chi connectivity index (χ2n) is 11.9. The number of para-hydroxylation sites is 1. The average Bonchev–Trinajstić information content (AvgIpc) is 3.42. The highest BCUT2D eigenvalue weighted by Crippen LogP contribution is 2.29. The Morgan fingerprint density at radius 2 is 1.66 bits per heavy atom. The number of aryl methyl sites for hydroxylation is 1. The third-order valence-corrected chi connectivity index (χ3v) is 7.67. The number of carbonyl (C=O) groups is 2. The predicted molar refractivity (Wildman–Crippen MR) is 177 cm³/mol. The Balaban J connectivity index is 0.000000209. The molecule has 1 fully saturated rings. The lowest BCUT2D eigenvalue weighted by molar-refractivity contribution is -0.133. The van der Waals surface area contributed by atoms with E-state index in [1.54, 1.807) is 10.9 Å². The molecule has 0 aliphatic carbocycles. The lowest BCUT2D eigenvalue weighted by Gasteiger charge is -2.37. The van der Waals surface area contributed by atoms with Gasteiger partial charge in [-0.1, -0.05) is 58.0 Å². The molecule has 2 aromatic carbocycles. The van der Waals surface area contributed by atoms with Crippen molar-refractivity contribution < 1.29 is 14.3 Å². The van der Waals surface area contributed by atoms with Crippen molar-refractivity contribution in [2.24, 2.45) is 23.3 Å². The van der Waals surface area contributed by atoms with Crippen LogP contribution in [-0.2, 0) is 9.53 Å². The van der Waals surface area contributed by atoms with Crippen molar-refractivity contribution in [2.75, 3.05) is 54.9 Å². The molecule has 1 unspecified atom stereocenters. The van der Waals surface area contributed by atoms with Gasteiger partial charge in [-0.2, -0.15) is 5.10 Å². The molecule has 2 aliphatic rings. The summed E-state index contributed by atoms with van der Waals surface area (Å²) in [4.78, 5) is 28.1. The summed E-state index contributed by atoms with van der Waals surface area (Å²) >= 11 is 0. The first kappa shape index (κ1) is 32.4. The number of piperazine rings is 1. The highest BCUT2D eigenvalue weighted by Gasteiger charge is 2.27. The second kappa shape index (κ2) is 14.8. The summed E-state index contributed by atoms with van der Waals surface area (Å²) in [6, 6.07) is 17.4. The number of nitrogens with two attached hydrogens (primary N) is 2. The Bertz CT molecular complexity index is 1420. The number of aromatic nitrogens is 2. The van der Waals surface area contributed by atoms with Gasteiger partial charge >= 0.3 is 6.09 Å². The normalized spacial score (nSPS) is 15.3. The zero-order chi connectivity index (χ0) is 31.8. The van der Waals surface area contributed by atoms with E-state index < -0.39 is 6.09 Å². The number of rotatable bonds is 7. The molecule has 0 radical (unpaired) electrons. The first-order chi connectivity index (χ1) is 21.0. The van der Waals surface area contributed by atoms with E-state index in [2.05, 4.69) is 32.8 Å². The zero-order valence-corrected chi connectivity index (χ0v) is 26.4. The molecule has 2 aliphatic heterocycles. The Morgan fingerprint density at radius 3 is 2.27 bits per heavy atom. The van der Waals surface area contributed by atoms with E-state index in [0.717, 1.165) is 48.7 Å². The molecule has 6 N–H and O–H groups in total. The minimum absolute atomic E-state index is 0.0858. The second-order valence-corrected chi connectivity index (χ2v) is 11.9. The number of amides is 2. The molecule has 0 bridgehead atoms. The predicted octanol–water partition coefficient (Wildman–Crippen LogP) is 4.42. The van der Waals surface area contributed by atoms with Crippen LogP contribution in [0.1, 0.15) is 38.8 Å². The molecular formula is C33H46N8O3. The van der Waals surface area contributed by atoms with Gasteiger partial charge in [0.05, 0.1) is 18.8 Å². The number of hydrogen-bond acceptors (Lipinski definition) is 8. The summed E-state index contributed by atoms with van der Waals surface area (Å²) < 4.78 is 6.82. The molecule has 0 saturated carbocycles. The van der Waals surface area contributed by atoms with Gasteiger partial charge in [0.1, 0.15) is 11.6 Å². The number of anilines is 3. The minimum atomic E-state index is -0.448. The lowest BCUT2D eigenvalue weighted by atomic mass is 10.0. The van der Waals surface area contributed by atoms with Crippen LogP contribution in [0.15, 0.2) is 60.8 Å². The molecule has 1 aromatic heterocycles. The Hall–Kier alpha value is -4.51. The van der Waals surface area contributed by atoms with Gasteiger partial charge in [0.15, 0.2) is 0 Å². The molecule has 2 amide bonds. The summed E-state index contributed by atoms with van der Waals surface area (Å²) in [5.41, 5.74) is 17.1. The van der Waals surface area contributed by atoms with Crippen LogP contribution in [0.3, 0.4) is 0 Å². The number of nitrogens with one attached hydrogen (secondary N) is 2. The van der Waals surface area contributed by atoms with Crippen LogP contribution in [0.25, 0.3) is 11.4 Å². The maximum absolute atomic E-state index is 12.2. The SMILES string of the molecule is CC(C)C(N)C(=O)N1CCN(c2ccccc2)CC1.Cc1cnn2c1NCC(c1ccc(NC(=O)OCC(C)C)cc1)=C2N. The van der Waals surface area contributed by atoms with Crippen LogP contribution >= 0.6 is 0 Å². The van der Waals surface area contributed by atoms with E-state index in [1.807, 2.05) is 82.0 Å². The van der Waals surface area contributed by atoms with Gasteiger partial charge in [0.25, 0.3) is 0 Å². The maximum Gasteiger partial charge on any atom is 0.411 e. The maximum atomic E-state index is 12.2. The molecule has 0 spiro atoms. The standard InChI is InChI=1S/C18H23N5O2.C15H23N3O/c1-11(2)10-25-18(24)22-14-6-4-13(5-7-14)15-9-20-17-12(3)8-21-23(17)16(15)19;1-12(2)14(16)15(19)18-10-8-17(9-11-18)13-6-4-3-5-7-13/h4-8,11,20H,9-10,19H2,1-3H3,(H,22,24);3-7,12,14H,8-11,16H2,1-2H3. The van der Waals surface area contributed by atoms with E-state index in [4.69, 9.17) is 16.2 Å². The van der Waals surface area contributed by atoms with Crippen molar-refractivity contribution in [1.82, 2.24) is 14.7 Å². The molecule has 44 heavy (non-hydrogen) atoms. The molecule has 11 heteroatoms. The van der Waals surface area contributed by atoms with Crippen molar-refractivity contribution in [3.63, 3.8) is 0 Å². The lowest BCUT2D eigenvalue weighted by Crippen LogP contribution is -2.54. The minimum Gasteiger partial charge on any atom is -0.449 e. The van der Waals surface area contributed by atoms with E-state index in [-0.39, 0.29) is 17.9 Å². The van der Waals surface area contributed by atoms with Crippen LogP contribution < -0.4 is 27.0 Å². The molecule has 11 nitrogen and oxygen atoms in total. The van der Waals surface area contributed by atoms with Crippen molar-refractivity contribution in [1.29, 1.82) is 0 Å². The van der Waals surface area contributed by atoms with Gasteiger partial charge in [-0.05, 0) is 48.6 Å². The molecular weight excluding hydrogens is 556 g/mol. The Kier molecular flexibility index (Phi) is 10.9. The topological polar surface area (TPSA) is 144 Å². The molecule has 1 atom stereocenters. The fraction of sp³-hybridized carbons (Fsp3) is 0.424. The van der Waals surface area contributed by atoms with Gasteiger partial charge in [0, 0.05) is 55.2 Å². The van der Waals surface area contributed by atoms with Crippen molar-refractivity contribution in [3.05, 3.63) is 71.9 Å². The van der Waals surface area contributed by atoms with Crippen LogP contribution in [-0.4, -0.2) is 72.1 Å². The molecule has 1 saturated heterocycles. The summed E-state index contributed by atoms with van der Waals surface area (Å²) in [5, 5.41) is 10.4. The summed E-state index contributed by atoms with van der Waals surface area (Å²) in [7, 11) is 0.